The van der Waals surface area contributed by atoms with Crippen LogP contribution in [0.2, 0.25) is 0 Å². The summed E-state index contributed by atoms with van der Waals surface area (Å²) in [5.74, 6) is 0. The summed E-state index contributed by atoms with van der Waals surface area (Å²) in [6.45, 7) is 0. The van der Waals surface area contributed by atoms with Crippen LogP contribution in [0.4, 0.5) is 0 Å². The van der Waals surface area contributed by atoms with Crippen LogP contribution in [0, 0.1) is 0 Å². The van der Waals surface area contributed by atoms with E-state index in [0.29, 0.717) is 0 Å². The van der Waals surface area contributed by atoms with E-state index in [-0.39, 0.29) is 0 Å². The number of fused-ring (bicyclic) bond motifs is 12. The monoisotopic (exact) mass is 702 g/mol. The second-order valence-electron chi connectivity index (χ2n) is 14.3. The van der Waals surface area contributed by atoms with Gasteiger partial charge in [0.25, 0.3) is 0 Å². The van der Waals surface area contributed by atoms with Gasteiger partial charge in [-0.3, -0.25) is 0 Å². The minimum absolute atomic E-state index is 0.923. The first-order valence-electron chi connectivity index (χ1n) is 18.5. The highest BCUT2D eigenvalue weighted by molar-refractivity contribution is 7.26. The summed E-state index contributed by atoms with van der Waals surface area (Å²) in [5.41, 5.74) is 9.20. The zero-order chi connectivity index (χ0) is 35.3. The van der Waals surface area contributed by atoms with Gasteiger partial charge in [0.15, 0.2) is 0 Å². The second-order valence-corrected chi connectivity index (χ2v) is 15.4. The maximum absolute atomic E-state index is 6.71. The highest BCUT2D eigenvalue weighted by Crippen LogP contribution is 2.47. The average molecular weight is 703 g/mol. The van der Waals surface area contributed by atoms with Gasteiger partial charge < -0.3 is 4.42 Å². The Balaban J connectivity index is 1.06. The summed E-state index contributed by atoms with van der Waals surface area (Å²) in [4.78, 5) is 0. The molecule has 0 aliphatic carbocycles. The third kappa shape index (κ3) is 4.26. The van der Waals surface area contributed by atoms with E-state index in [2.05, 4.69) is 182 Å². The molecule has 2 heteroatoms. The van der Waals surface area contributed by atoms with Crippen LogP contribution in [0.15, 0.2) is 186 Å². The Morgan fingerprint density at radius 1 is 0.315 bits per heavy atom. The number of hydrogen-bond donors (Lipinski definition) is 0. The van der Waals surface area contributed by atoms with Gasteiger partial charge in [-0.2, -0.15) is 0 Å². The van der Waals surface area contributed by atoms with E-state index in [0.717, 1.165) is 11.2 Å². The molecule has 10 aromatic carbocycles. The maximum atomic E-state index is 6.71. The van der Waals surface area contributed by atoms with Crippen LogP contribution in [0.1, 0.15) is 0 Å². The quantitative estimate of drug-likeness (QED) is 0.167. The predicted molar refractivity (Wildman–Crippen MR) is 233 cm³/mol. The fourth-order valence-electron chi connectivity index (χ4n) is 9.09. The van der Waals surface area contributed by atoms with Crippen LogP contribution in [0.25, 0.3) is 119 Å². The van der Waals surface area contributed by atoms with Crippen molar-refractivity contribution >= 4 is 96.5 Å². The van der Waals surface area contributed by atoms with E-state index in [1.807, 2.05) is 11.3 Å². The molecule has 0 fully saturated rings. The summed E-state index contributed by atoms with van der Waals surface area (Å²) in [6.07, 6.45) is 0. The van der Waals surface area contributed by atoms with Crippen molar-refractivity contribution in [1.82, 2.24) is 0 Å². The average Bonchev–Trinajstić information content (AvgIpc) is 3.81. The standard InChI is InChI=1S/C52H30OS/c1-2-12-34-29-35(26-21-31(34)11-1)49-40-17-7-5-15-38(40)48(39-16-6-8-18-41(39)49)33-24-22-32(23-25-33)43-30-45-50(37-14-4-3-13-36(37)43)52-44(53-45)27-28-47-51(52)42-19-9-10-20-46(42)54-47/h1-30H. The third-order valence-electron chi connectivity index (χ3n) is 11.4. The topological polar surface area (TPSA) is 13.1 Å². The van der Waals surface area contributed by atoms with Gasteiger partial charge in [0.1, 0.15) is 11.2 Å². The maximum Gasteiger partial charge on any atom is 0.136 e. The zero-order valence-electron chi connectivity index (χ0n) is 29.1. The molecule has 2 heterocycles. The van der Waals surface area contributed by atoms with Gasteiger partial charge >= 0.3 is 0 Å². The molecule has 2 aromatic heterocycles. The van der Waals surface area contributed by atoms with Gasteiger partial charge in [0, 0.05) is 30.9 Å². The molecule has 0 amide bonds. The molecule has 0 atom stereocenters. The summed E-state index contributed by atoms with van der Waals surface area (Å²) in [7, 11) is 0. The van der Waals surface area contributed by atoms with Crippen LogP contribution < -0.4 is 0 Å². The van der Waals surface area contributed by atoms with Crippen LogP contribution in [0.5, 0.6) is 0 Å². The lowest BCUT2D eigenvalue weighted by Crippen LogP contribution is -1.91. The van der Waals surface area contributed by atoms with Gasteiger partial charge in [-0.25, -0.2) is 0 Å². The van der Waals surface area contributed by atoms with E-state index < -0.39 is 0 Å². The first-order chi connectivity index (χ1) is 26.8. The highest BCUT2D eigenvalue weighted by atomic mass is 32.1. The Bertz CT molecular complexity index is 3430. The van der Waals surface area contributed by atoms with Crippen LogP contribution >= 0.6 is 11.3 Å². The van der Waals surface area contributed by atoms with Crippen LogP contribution in [0.3, 0.4) is 0 Å². The molecule has 250 valence electrons. The Labute approximate surface area is 314 Å². The summed E-state index contributed by atoms with van der Waals surface area (Å²) in [6, 6.07) is 66.6. The molecule has 12 rings (SSSR count). The molecule has 0 N–H and O–H groups in total. The van der Waals surface area contributed by atoms with E-state index in [1.165, 1.54) is 107 Å². The normalized spacial score (nSPS) is 12.1. The summed E-state index contributed by atoms with van der Waals surface area (Å²) >= 11 is 1.85. The molecule has 0 radical (unpaired) electrons. The molecule has 0 saturated carbocycles. The molecule has 0 saturated heterocycles. The fourth-order valence-corrected chi connectivity index (χ4v) is 10.2. The van der Waals surface area contributed by atoms with Gasteiger partial charge in [-0.1, -0.05) is 152 Å². The van der Waals surface area contributed by atoms with Gasteiger partial charge in [-0.05, 0) is 107 Å². The van der Waals surface area contributed by atoms with Crippen LogP contribution in [-0.4, -0.2) is 0 Å². The van der Waals surface area contributed by atoms with Crippen molar-refractivity contribution in [2.24, 2.45) is 0 Å². The Morgan fingerprint density at radius 2 is 0.870 bits per heavy atom. The molecule has 1 nitrogen and oxygen atoms in total. The van der Waals surface area contributed by atoms with Crippen molar-refractivity contribution in [2.45, 2.75) is 0 Å². The predicted octanol–water partition coefficient (Wildman–Crippen LogP) is 15.6. The first-order valence-corrected chi connectivity index (χ1v) is 19.3. The number of benzene rings is 10. The minimum atomic E-state index is 0.923. The minimum Gasteiger partial charge on any atom is -0.456 e. The van der Waals surface area contributed by atoms with Crippen molar-refractivity contribution < 1.29 is 4.42 Å². The van der Waals surface area contributed by atoms with E-state index >= 15 is 0 Å². The lowest BCUT2D eigenvalue weighted by atomic mass is 9.85. The molecule has 0 aliphatic rings. The molecule has 0 aliphatic heterocycles. The Morgan fingerprint density at radius 3 is 1.59 bits per heavy atom. The van der Waals surface area contributed by atoms with Crippen molar-refractivity contribution in [1.29, 1.82) is 0 Å². The smallest absolute Gasteiger partial charge is 0.136 e. The SMILES string of the molecule is c1ccc2cc(-c3c4ccccc4c(-c4ccc(-c5cc6oc7ccc8sc9ccccc9c8c7c6c6ccccc56)cc4)c4ccccc34)ccc2c1. The largest absolute Gasteiger partial charge is 0.456 e. The summed E-state index contributed by atoms with van der Waals surface area (Å²) < 4.78 is 9.31. The Hall–Kier alpha value is -6.74. The van der Waals surface area contributed by atoms with Crippen molar-refractivity contribution in [3.63, 3.8) is 0 Å². The van der Waals surface area contributed by atoms with E-state index in [4.69, 9.17) is 4.42 Å². The van der Waals surface area contributed by atoms with E-state index in [9.17, 15) is 0 Å². The molecule has 54 heavy (non-hydrogen) atoms. The first kappa shape index (κ1) is 29.8. The molecular formula is C52H30OS. The molecule has 0 unspecified atom stereocenters. The molecular weight excluding hydrogens is 673 g/mol. The number of furan rings is 1. The fraction of sp³-hybridized carbons (Fsp3) is 0. The molecule has 12 aromatic rings. The van der Waals surface area contributed by atoms with E-state index in [1.54, 1.807) is 0 Å². The lowest BCUT2D eigenvalue weighted by molar-refractivity contribution is 0.669. The molecule has 0 bridgehead atoms. The number of rotatable bonds is 3. The lowest BCUT2D eigenvalue weighted by Gasteiger charge is -2.18. The van der Waals surface area contributed by atoms with Gasteiger partial charge in [0.2, 0.25) is 0 Å². The van der Waals surface area contributed by atoms with Gasteiger partial charge in [-0.15, -0.1) is 11.3 Å². The third-order valence-corrected chi connectivity index (χ3v) is 12.6. The van der Waals surface area contributed by atoms with Crippen molar-refractivity contribution in [2.75, 3.05) is 0 Å². The zero-order valence-corrected chi connectivity index (χ0v) is 30.0. The van der Waals surface area contributed by atoms with Crippen LogP contribution in [-0.2, 0) is 0 Å². The van der Waals surface area contributed by atoms with Crippen molar-refractivity contribution in [3.05, 3.63) is 182 Å². The van der Waals surface area contributed by atoms with Crippen molar-refractivity contribution in [3.8, 4) is 33.4 Å². The molecule has 0 spiro atoms. The Kier molecular flexibility index (Phi) is 6.28. The summed E-state index contributed by atoms with van der Waals surface area (Å²) in [5, 5.41) is 15.0. The van der Waals surface area contributed by atoms with Gasteiger partial charge in [0.05, 0.1) is 0 Å². The highest BCUT2D eigenvalue weighted by Gasteiger charge is 2.20. The number of hydrogen-bond acceptors (Lipinski definition) is 2. The number of thiophene rings is 1. The second kappa shape index (κ2) is 11.4.